The number of likely N-dealkylation sites (tertiary alicyclic amines) is 1. The quantitative estimate of drug-likeness (QED) is 0.435. The lowest BCUT2D eigenvalue weighted by Gasteiger charge is -2.36. The molecular weight excluding hydrogens is 436 g/mol. The van der Waals surface area contributed by atoms with Crippen LogP contribution in [0.2, 0.25) is 0 Å². The molecule has 0 radical (unpaired) electrons. The second kappa shape index (κ2) is 8.71. The van der Waals surface area contributed by atoms with Gasteiger partial charge in [-0.1, -0.05) is 6.07 Å². The highest BCUT2D eigenvalue weighted by atomic mass is 16.7. The van der Waals surface area contributed by atoms with E-state index in [0.717, 1.165) is 39.4 Å². The largest absolute Gasteiger partial charge is 0.467 e. The first-order valence-electron chi connectivity index (χ1n) is 10.8. The number of hydrogen-bond acceptors (Lipinski definition) is 7. The summed E-state index contributed by atoms with van der Waals surface area (Å²) >= 11 is 0. The van der Waals surface area contributed by atoms with Crippen LogP contribution in [0, 0.1) is 13.8 Å². The number of fused-ring (bicyclic) bond motifs is 1. The second-order valence-electron chi connectivity index (χ2n) is 8.35. The van der Waals surface area contributed by atoms with Gasteiger partial charge in [-0.25, -0.2) is 14.3 Å². The first-order chi connectivity index (χ1) is 16.4. The molecule has 0 bridgehead atoms. The molecular formula is C24H24N6O4. The molecule has 1 aliphatic rings. The molecule has 5 rings (SSSR count). The van der Waals surface area contributed by atoms with Gasteiger partial charge in [0.2, 0.25) is 0 Å². The molecule has 1 saturated heterocycles. The molecule has 1 aromatic carbocycles. The minimum atomic E-state index is -0.909. The number of benzene rings is 1. The maximum absolute atomic E-state index is 11.0. The number of aryl methyl sites for hydroxylation is 2. The summed E-state index contributed by atoms with van der Waals surface area (Å²) < 4.78 is 12.8. The predicted molar refractivity (Wildman–Crippen MR) is 124 cm³/mol. The monoisotopic (exact) mass is 460 g/mol. The van der Waals surface area contributed by atoms with Gasteiger partial charge in [-0.15, -0.1) is 0 Å². The van der Waals surface area contributed by atoms with Crippen LogP contribution < -0.4 is 4.74 Å². The molecule has 1 N–H and O–H groups in total. The van der Waals surface area contributed by atoms with Crippen molar-refractivity contribution >= 4 is 11.7 Å². The predicted octanol–water partition coefficient (Wildman–Crippen LogP) is 3.53. The van der Waals surface area contributed by atoms with Crippen molar-refractivity contribution in [2.24, 2.45) is 0 Å². The first-order valence-corrected chi connectivity index (χ1v) is 10.8. The van der Waals surface area contributed by atoms with E-state index in [1.165, 1.54) is 4.90 Å². The highest BCUT2D eigenvalue weighted by Crippen LogP contribution is 2.34. The van der Waals surface area contributed by atoms with Crippen LogP contribution >= 0.6 is 0 Å². The molecule has 0 aliphatic carbocycles. The van der Waals surface area contributed by atoms with Crippen molar-refractivity contribution in [1.29, 1.82) is 0 Å². The molecule has 1 fully saturated rings. The fourth-order valence-electron chi connectivity index (χ4n) is 4.05. The standard InChI is InChI=1S/C24H24N6O4/c1-14-8-21(28-30-10-15(2)25-23(14)30)16-4-5-18(22(9-16)34-13-33-3)20-7-6-19(26-27-20)17-11-29(12-17)24(31)32/h4-10,17H,11-13H2,1-3H3,(H,31,32). The summed E-state index contributed by atoms with van der Waals surface area (Å²) in [5.41, 5.74) is 6.66. The van der Waals surface area contributed by atoms with Gasteiger partial charge >= 0.3 is 6.09 Å². The van der Waals surface area contributed by atoms with Crippen LogP contribution in [0.5, 0.6) is 5.75 Å². The smallest absolute Gasteiger partial charge is 0.407 e. The summed E-state index contributed by atoms with van der Waals surface area (Å²) in [5, 5.41) is 22.5. The summed E-state index contributed by atoms with van der Waals surface area (Å²) in [6.07, 6.45) is 0.991. The topological polar surface area (TPSA) is 115 Å². The van der Waals surface area contributed by atoms with E-state index in [0.29, 0.717) is 24.5 Å². The lowest BCUT2D eigenvalue weighted by atomic mass is 9.96. The Labute approximate surface area is 195 Å². The summed E-state index contributed by atoms with van der Waals surface area (Å²) in [4.78, 5) is 16.9. The Morgan fingerprint density at radius 2 is 1.94 bits per heavy atom. The van der Waals surface area contributed by atoms with Gasteiger partial charge in [-0.3, -0.25) is 0 Å². The second-order valence-corrected chi connectivity index (χ2v) is 8.35. The van der Waals surface area contributed by atoms with E-state index in [2.05, 4.69) is 15.2 Å². The van der Waals surface area contributed by atoms with Crippen LogP contribution in [0.25, 0.3) is 28.2 Å². The van der Waals surface area contributed by atoms with Gasteiger partial charge in [0.05, 0.1) is 29.0 Å². The zero-order valence-corrected chi connectivity index (χ0v) is 19.1. The van der Waals surface area contributed by atoms with Crippen molar-refractivity contribution in [2.45, 2.75) is 19.8 Å². The Morgan fingerprint density at radius 3 is 2.65 bits per heavy atom. The van der Waals surface area contributed by atoms with E-state index >= 15 is 0 Å². The van der Waals surface area contributed by atoms with Gasteiger partial charge in [-0.05, 0) is 49.7 Å². The third-order valence-corrected chi connectivity index (χ3v) is 5.87. The van der Waals surface area contributed by atoms with E-state index < -0.39 is 6.09 Å². The van der Waals surface area contributed by atoms with Gasteiger partial charge in [0, 0.05) is 37.2 Å². The molecule has 0 saturated carbocycles. The van der Waals surface area contributed by atoms with Crippen molar-refractivity contribution in [3.05, 3.63) is 59.5 Å². The number of carbonyl (C=O) groups is 1. The van der Waals surface area contributed by atoms with E-state index in [1.807, 2.05) is 56.4 Å². The zero-order valence-electron chi connectivity index (χ0n) is 19.1. The average molecular weight is 460 g/mol. The molecule has 10 heteroatoms. The van der Waals surface area contributed by atoms with Gasteiger partial charge in [0.15, 0.2) is 12.4 Å². The average Bonchev–Trinajstić information content (AvgIpc) is 3.17. The molecule has 1 amide bonds. The van der Waals surface area contributed by atoms with E-state index in [4.69, 9.17) is 19.7 Å². The molecule has 0 atom stereocenters. The van der Waals surface area contributed by atoms with Crippen molar-refractivity contribution < 1.29 is 19.4 Å². The molecule has 1 aliphatic heterocycles. The maximum Gasteiger partial charge on any atom is 0.407 e. The van der Waals surface area contributed by atoms with E-state index in [9.17, 15) is 4.79 Å². The zero-order chi connectivity index (χ0) is 23.8. The SMILES string of the molecule is COCOc1cc(-c2cc(C)c3nc(C)cn3n2)ccc1-c1ccc(C2CN(C(=O)O)C2)nn1. The Hall–Kier alpha value is -4.05. The van der Waals surface area contributed by atoms with Crippen LogP contribution in [-0.4, -0.2) is 67.9 Å². The van der Waals surface area contributed by atoms with Crippen molar-refractivity contribution in [2.75, 3.05) is 27.0 Å². The minimum absolute atomic E-state index is 0.0697. The third kappa shape index (κ3) is 4.03. The fraction of sp³-hybridized carbons (Fsp3) is 0.292. The van der Waals surface area contributed by atoms with E-state index in [1.54, 1.807) is 11.6 Å². The Morgan fingerprint density at radius 1 is 1.12 bits per heavy atom. The van der Waals surface area contributed by atoms with Gasteiger partial charge in [-0.2, -0.15) is 15.3 Å². The van der Waals surface area contributed by atoms with Gasteiger partial charge < -0.3 is 19.5 Å². The molecule has 0 unspecified atom stereocenters. The van der Waals surface area contributed by atoms with Gasteiger partial charge in [0.1, 0.15) is 5.75 Å². The summed E-state index contributed by atoms with van der Waals surface area (Å²) in [6, 6.07) is 11.6. The Kier molecular flexibility index (Phi) is 5.58. The normalized spacial score (nSPS) is 13.8. The van der Waals surface area contributed by atoms with Gasteiger partial charge in [0.25, 0.3) is 0 Å². The number of ether oxygens (including phenoxy) is 2. The molecule has 3 aromatic heterocycles. The molecule has 174 valence electrons. The Bertz CT molecular complexity index is 1360. The number of methoxy groups -OCH3 is 1. The molecule has 0 spiro atoms. The summed E-state index contributed by atoms with van der Waals surface area (Å²) in [7, 11) is 1.57. The Balaban J connectivity index is 1.46. The van der Waals surface area contributed by atoms with Crippen LogP contribution in [0.4, 0.5) is 4.79 Å². The molecule has 4 aromatic rings. The number of carboxylic acid groups (broad SMARTS) is 1. The van der Waals surface area contributed by atoms with Crippen molar-refractivity contribution in [3.63, 3.8) is 0 Å². The first kappa shape index (κ1) is 21.8. The van der Waals surface area contributed by atoms with Crippen LogP contribution in [0.15, 0.2) is 42.6 Å². The number of amides is 1. The number of imidazole rings is 1. The summed E-state index contributed by atoms with van der Waals surface area (Å²) in [6.45, 7) is 4.92. The lowest BCUT2D eigenvalue weighted by molar-refractivity contribution is 0.0515. The molecule has 4 heterocycles. The number of aromatic nitrogens is 5. The number of rotatable bonds is 6. The third-order valence-electron chi connectivity index (χ3n) is 5.87. The van der Waals surface area contributed by atoms with Crippen molar-refractivity contribution in [1.82, 2.24) is 29.7 Å². The lowest BCUT2D eigenvalue weighted by Crippen LogP contribution is -2.48. The molecule has 34 heavy (non-hydrogen) atoms. The van der Waals surface area contributed by atoms with Crippen LogP contribution in [0.3, 0.4) is 0 Å². The highest BCUT2D eigenvalue weighted by Gasteiger charge is 2.32. The van der Waals surface area contributed by atoms with E-state index in [-0.39, 0.29) is 12.7 Å². The van der Waals surface area contributed by atoms with Crippen molar-refractivity contribution in [3.8, 4) is 28.3 Å². The number of hydrogen-bond donors (Lipinski definition) is 1. The van der Waals surface area contributed by atoms with Crippen LogP contribution in [0.1, 0.15) is 22.9 Å². The molecule has 10 nitrogen and oxygen atoms in total. The fourth-order valence-corrected chi connectivity index (χ4v) is 4.05. The number of nitrogens with zero attached hydrogens (tertiary/aromatic N) is 6. The maximum atomic E-state index is 11.0. The summed E-state index contributed by atoms with van der Waals surface area (Å²) in [5.74, 6) is 0.670. The van der Waals surface area contributed by atoms with Crippen LogP contribution in [-0.2, 0) is 4.74 Å². The highest BCUT2D eigenvalue weighted by molar-refractivity contribution is 5.74. The minimum Gasteiger partial charge on any atom is -0.467 e.